The third kappa shape index (κ3) is 4.22. The lowest BCUT2D eigenvalue weighted by Crippen LogP contribution is -2.42. The number of anilines is 1. The summed E-state index contributed by atoms with van der Waals surface area (Å²) in [6.45, 7) is 4.03. The van der Waals surface area contributed by atoms with Crippen molar-refractivity contribution in [2.24, 2.45) is 11.1 Å². The smallest absolute Gasteiger partial charge is 0.219 e. The van der Waals surface area contributed by atoms with E-state index >= 15 is 0 Å². The van der Waals surface area contributed by atoms with E-state index in [1.54, 1.807) is 23.1 Å². The molecule has 33 heavy (non-hydrogen) atoms. The first-order chi connectivity index (χ1) is 15.7. The minimum atomic E-state index is -0.726. The number of carbonyl (C=O) groups excluding carboxylic acids is 1. The van der Waals surface area contributed by atoms with E-state index in [2.05, 4.69) is 22.3 Å². The summed E-state index contributed by atoms with van der Waals surface area (Å²) in [7, 11) is 0. The number of aromatic nitrogens is 2. The van der Waals surface area contributed by atoms with Crippen LogP contribution in [-0.4, -0.2) is 21.7 Å². The summed E-state index contributed by atoms with van der Waals surface area (Å²) in [5.41, 5.74) is 8.18. The van der Waals surface area contributed by atoms with Crippen molar-refractivity contribution in [2.75, 3.05) is 10.7 Å². The molecule has 168 valence electrons. The van der Waals surface area contributed by atoms with E-state index < -0.39 is 5.92 Å². The fourth-order valence-corrected chi connectivity index (χ4v) is 6.19. The molecule has 1 aromatic heterocycles. The maximum absolute atomic E-state index is 13.5. The molecule has 0 spiro atoms. The second-order valence-corrected chi connectivity index (χ2v) is 11.4. The Bertz CT molecular complexity index is 1300. The van der Waals surface area contributed by atoms with E-state index in [4.69, 9.17) is 34.2 Å². The van der Waals surface area contributed by atoms with Crippen LogP contribution in [-0.2, 0) is 4.79 Å². The average molecular weight is 517 g/mol. The Morgan fingerprint density at radius 2 is 2.06 bits per heavy atom. The van der Waals surface area contributed by atoms with E-state index in [-0.39, 0.29) is 33.4 Å². The van der Waals surface area contributed by atoms with Gasteiger partial charge in [-0.05, 0) is 23.5 Å². The monoisotopic (exact) mass is 516 g/mol. The van der Waals surface area contributed by atoms with E-state index in [0.717, 1.165) is 0 Å². The van der Waals surface area contributed by atoms with Crippen LogP contribution in [0, 0.1) is 28.1 Å². The number of Topliss-reactive ketones (excluding diaryl/α,β-unsaturated/α-hetero) is 1. The topological polar surface area (TPSA) is 120 Å². The second-order valence-electron chi connectivity index (χ2n) is 8.42. The van der Waals surface area contributed by atoms with E-state index in [1.807, 2.05) is 13.8 Å². The van der Waals surface area contributed by atoms with Crippen LogP contribution in [0.3, 0.4) is 0 Å². The van der Waals surface area contributed by atoms with Gasteiger partial charge < -0.3 is 5.73 Å². The standard InChI is InChI=1S/C22H18Cl2N6OS2/c1-22(2)8-14-17(15(31)9-22)16(11-4-3-5-13(23)18(11)24)12(10-26)19(27)30(14)20-28-29-21(33-20)32-7-6-25/h3-5,16H,7-9,27H2,1-2H3. The van der Waals surface area contributed by atoms with Gasteiger partial charge in [0.05, 0.1) is 39.4 Å². The van der Waals surface area contributed by atoms with Crippen LogP contribution >= 0.6 is 46.3 Å². The van der Waals surface area contributed by atoms with Gasteiger partial charge in [0.1, 0.15) is 5.82 Å². The molecule has 2 heterocycles. The van der Waals surface area contributed by atoms with Crippen LogP contribution in [0.25, 0.3) is 0 Å². The van der Waals surface area contributed by atoms with Crippen molar-refractivity contribution >= 4 is 57.2 Å². The molecule has 1 aromatic carbocycles. The first kappa shape index (κ1) is 23.6. The van der Waals surface area contributed by atoms with Crippen molar-refractivity contribution in [3.63, 3.8) is 0 Å². The summed E-state index contributed by atoms with van der Waals surface area (Å²) in [4.78, 5) is 15.2. The van der Waals surface area contributed by atoms with E-state index in [0.29, 0.717) is 44.2 Å². The molecule has 2 N–H and O–H groups in total. The predicted octanol–water partition coefficient (Wildman–Crippen LogP) is 5.40. The van der Waals surface area contributed by atoms with Crippen LogP contribution in [0.1, 0.15) is 38.2 Å². The summed E-state index contributed by atoms with van der Waals surface area (Å²) in [6.07, 6.45) is 0.870. The minimum absolute atomic E-state index is 0.0730. The number of hydrogen-bond acceptors (Lipinski definition) is 9. The quantitative estimate of drug-likeness (QED) is 0.536. The zero-order chi connectivity index (χ0) is 23.9. The lowest BCUT2D eigenvalue weighted by atomic mass is 9.68. The SMILES string of the molecule is CC1(C)CC(=O)C2=C(C1)N(c1nnc(SCC#N)s1)C(N)=C(C#N)C2c1cccc(Cl)c1Cl. The Morgan fingerprint density at radius 1 is 1.30 bits per heavy atom. The molecule has 1 aliphatic heterocycles. The van der Waals surface area contributed by atoms with Gasteiger partial charge in [0.15, 0.2) is 10.1 Å². The number of nitriles is 2. The number of benzene rings is 1. The lowest BCUT2D eigenvalue weighted by molar-refractivity contribution is -0.118. The number of thioether (sulfide) groups is 1. The molecule has 1 unspecified atom stereocenters. The summed E-state index contributed by atoms with van der Waals surface area (Å²) >= 11 is 15.3. The normalized spacial score (nSPS) is 19.9. The van der Waals surface area contributed by atoms with Gasteiger partial charge >= 0.3 is 0 Å². The third-order valence-electron chi connectivity index (χ3n) is 5.52. The first-order valence-corrected chi connectivity index (χ1v) is 12.5. The minimum Gasteiger partial charge on any atom is -0.384 e. The van der Waals surface area contributed by atoms with E-state index in [9.17, 15) is 10.1 Å². The van der Waals surface area contributed by atoms with Gasteiger partial charge in [-0.25, -0.2) is 0 Å². The second kappa shape index (κ2) is 9.00. The number of rotatable bonds is 4. The van der Waals surface area contributed by atoms with Crippen LogP contribution in [0.5, 0.6) is 0 Å². The number of halogens is 2. The molecule has 11 heteroatoms. The molecule has 2 aliphatic rings. The average Bonchev–Trinajstić information content (AvgIpc) is 3.21. The number of nitrogens with zero attached hydrogens (tertiary/aromatic N) is 5. The zero-order valence-corrected chi connectivity index (χ0v) is 20.9. The molecule has 7 nitrogen and oxygen atoms in total. The Balaban J connectivity index is 1.95. The highest BCUT2D eigenvalue weighted by molar-refractivity contribution is 8.01. The Labute approximate surface area is 209 Å². The van der Waals surface area contributed by atoms with Crippen molar-refractivity contribution in [3.05, 3.63) is 56.5 Å². The largest absolute Gasteiger partial charge is 0.384 e. The number of ketones is 1. The number of hydrogen-bond donors (Lipinski definition) is 1. The van der Waals surface area contributed by atoms with Crippen LogP contribution in [0.4, 0.5) is 5.13 Å². The molecule has 1 atom stereocenters. The molecule has 0 saturated carbocycles. The summed E-state index contributed by atoms with van der Waals surface area (Å²) in [6, 6.07) is 9.41. The maximum atomic E-state index is 13.5. The molecule has 1 aliphatic carbocycles. The molecule has 0 bridgehead atoms. The van der Waals surface area contributed by atoms with Crippen molar-refractivity contribution in [2.45, 2.75) is 36.9 Å². The molecule has 0 saturated heterocycles. The van der Waals surface area contributed by atoms with Crippen molar-refractivity contribution in [1.82, 2.24) is 10.2 Å². The fourth-order valence-electron chi connectivity index (χ4n) is 4.23. The lowest BCUT2D eigenvalue weighted by Gasteiger charge is -2.42. The molecule has 2 aromatic rings. The molecular formula is C22H18Cl2N6OS2. The zero-order valence-electron chi connectivity index (χ0n) is 17.7. The van der Waals surface area contributed by atoms with Crippen molar-refractivity contribution in [3.8, 4) is 12.1 Å². The number of allylic oxidation sites excluding steroid dienone is 3. The fraction of sp³-hybridized carbons (Fsp3) is 0.318. The summed E-state index contributed by atoms with van der Waals surface area (Å²) in [5.74, 6) is -0.388. The maximum Gasteiger partial charge on any atom is 0.219 e. The van der Waals surface area contributed by atoms with Gasteiger partial charge in [-0.3, -0.25) is 9.69 Å². The van der Waals surface area contributed by atoms with Crippen LogP contribution in [0.2, 0.25) is 10.0 Å². The molecule has 0 amide bonds. The van der Waals surface area contributed by atoms with Crippen molar-refractivity contribution < 1.29 is 4.79 Å². The molecular weight excluding hydrogens is 499 g/mol. The van der Waals surface area contributed by atoms with Gasteiger partial charge in [0.2, 0.25) is 5.13 Å². The summed E-state index contributed by atoms with van der Waals surface area (Å²) < 4.78 is 0.599. The first-order valence-electron chi connectivity index (χ1n) is 9.91. The van der Waals surface area contributed by atoms with Crippen LogP contribution in [0.15, 0.2) is 45.2 Å². The van der Waals surface area contributed by atoms with Gasteiger partial charge in [0, 0.05) is 17.7 Å². The predicted molar refractivity (Wildman–Crippen MR) is 130 cm³/mol. The summed E-state index contributed by atoms with van der Waals surface area (Å²) in [5, 5.41) is 28.4. The van der Waals surface area contributed by atoms with E-state index in [1.165, 1.54) is 23.1 Å². The Kier molecular flexibility index (Phi) is 6.43. The number of carbonyl (C=O) groups is 1. The highest BCUT2D eigenvalue weighted by Gasteiger charge is 2.46. The third-order valence-corrected chi connectivity index (χ3v) is 8.26. The highest BCUT2D eigenvalue weighted by atomic mass is 35.5. The molecule has 0 fully saturated rings. The van der Waals surface area contributed by atoms with Gasteiger partial charge in [-0.1, -0.05) is 72.3 Å². The van der Waals surface area contributed by atoms with Gasteiger partial charge in [-0.2, -0.15) is 10.5 Å². The number of nitrogens with two attached hydrogens (primary N) is 1. The van der Waals surface area contributed by atoms with Crippen LogP contribution < -0.4 is 10.6 Å². The highest BCUT2D eigenvalue weighted by Crippen LogP contribution is 2.52. The Hall–Kier alpha value is -2.56. The molecule has 0 radical (unpaired) electrons. The Morgan fingerprint density at radius 3 is 2.76 bits per heavy atom. The van der Waals surface area contributed by atoms with Gasteiger partial charge in [0.25, 0.3) is 0 Å². The van der Waals surface area contributed by atoms with Gasteiger partial charge in [-0.15, -0.1) is 10.2 Å². The molecule has 4 rings (SSSR count). The van der Waals surface area contributed by atoms with Crippen molar-refractivity contribution in [1.29, 1.82) is 10.5 Å².